The zero-order valence-corrected chi connectivity index (χ0v) is 5.57. The maximum atomic E-state index is 7.44. The Bertz CT molecular complexity index is 437. The molecule has 0 spiro atoms. The lowest BCUT2D eigenvalue weighted by Gasteiger charge is -1.95. The zero-order valence-electron chi connectivity index (χ0n) is 5.57. The van der Waals surface area contributed by atoms with Gasteiger partial charge in [0.15, 0.2) is 11.1 Å². The summed E-state index contributed by atoms with van der Waals surface area (Å²) in [5.74, 6) is 5.37. The Morgan fingerprint density at radius 3 is 3.27 bits per heavy atom. The Hall–Kier alpha value is -1.85. The molecular formula is C5H6N6. The molecule has 0 aromatic carbocycles. The molecule has 2 aromatic heterocycles. The van der Waals surface area contributed by atoms with Crippen molar-refractivity contribution in [3.8, 4) is 0 Å². The number of nitrogens with two attached hydrogens (primary N) is 1. The molecule has 0 saturated carbocycles. The summed E-state index contributed by atoms with van der Waals surface area (Å²) in [6.07, 6.45) is 2.89. The average molecular weight is 150 g/mol. The molecule has 0 fully saturated rings. The summed E-state index contributed by atoms with van der Waals surface area (Å²) in [6, 6.07) is 0. The smallest absolute Gasteiger partial charge is 0.160 e. The third kappa shape index (κ3) is 0.689. The van der Waals surface area contributed by atoms with Gasteiger partial charge < -0.3 is 5.84 Å². The fourth-order valence-electron chi connectivity index (χ4n) is 0.868. The number of nitrogens with one attached hydrogen (secondary N) is 2. The molecule has 11 heavy (non-hydrogen) atoms. The van der Waals surface area contributed by atoms with Crippen molar-refractivity contribution in [2.75, 3.05) is 5.84 Å². The van der Waals surface area contributed by atoms with Crippen molar-refractivity contribution in [1.82, 2.24) is 19.9 Å². The molecule has 0 saturated heterocycles. The van der Waals surface area contributed by atoms with Crippen molar-refractivity contribution in [3.05, 3.63) is 18.0 Å². The molecule has 0 atom stereocenters. The third-order valence-electron chi connectivity index (χ3n) is 1.44. The molecule has 6 heteroatoms. The van der Waals surface area contributed by atoms with Crippen molar-refractivity contribution >= 4 is 11.0 Å². The SMILES string of the molecule is N=c1c2cn[nH]c2ncn1N. The summed E-state index contributed by atoms with van der Waals surface area (Å²) >= 11 is 0. The van der Waals surface area contributed by atoms with Crippen LogP contribution in [0.2, 0.25) is 0 Å². The minimum absolute atomic E-state index is 0.198. The van der Waals surface area contributed by atoms with Gasteiger partial charge in [-0.25, -0.2) is 9.66 Å². The average Bonchev–Trinajstić information content (AvgIpc) is 2.45. The minimum atomic E-state index is 0.198. The Morgan fingerprint density at radius 2 is 2.45 bits per heavy atom. The van der Waals surface area contributed by atoms with E-state index in [4.69, 9.17) is 11.3 Å². The second-order valence-electron chi connectivity index (χ2n) is 2.13. The molecule has 2 heterocycles. The number of rotatable bonds is 0. The lowest BCUT2D eigenvalue weighted by Crippen LogP contribution is -2.26. The summed E-state index contributed by atoms with van der Waals surface area (Å²) in [5.41, 5.74) is 0.778. The van der Waals surface area contributed by atoms with Gasteiger partial charge in [-0.15, -0.1) is 0 Å². The quantitative estimate of drug-likeness (QED) is 0.418. The zero-order chi connectivity index (χ0) is 7.84. The number of nitrogens with zero attached hydrogens (tertiary/aromatic N) is 3. The highest BCUT2D eigenvalue weighted by molar-refractivity contribution is 5.71. The molecule has 6 nitrogen and oxygen atoms in total. The fraction of sp³-hybridized carbons (Fsp3) is 0. The molecule has 0 aliphatic heterocycles. The normalized spacial score (nSPS) is 10.5. The second-order valence-corrected chi connectivity index (χ2v) is 2.13. The van der Waals surface area contributed by atoms with Crippen LogP contribution in [0.5, 0.6) is 0 Å². The van der Waals surface area contributed by atoms with E-state index in [2.05, 4.69) is 15.2 Å². The van der Waals surface area contributed by atoms with Crippen molar-refractivity contribution < 1.29 is 0 Å². The highest BCUT2D eigenvalue weighted by atomic mass is 15.3. The van der Waals surface area contributed by atoms with Gasteiger partial charge in [0.25, 0.3) is 0 Å². The van der Waals surface area contributed by atoms with Crippen LogP contribution in [0, 0.1) is 5.41 Å². The molecule has 0 unspecified atom stereocenters. The standard InChI is InChI=1S/C5H6N6/c6-4-3-1-9-10-5(3)8-2-11(4)7/h1-2,6H,7H2,(H,9,10). The van der Waals surface area contributed by atoms with Crippen LogP contribution in [-0.2, 0) is 0 Å². The number of hydrogen-bond donors (Lipinski definition) is 3. The van der Waals surface area contributed by atoms with Crippen LogP contribution < -0.4 is 11.3 Å². The molecule has 56 valence electrons. The monoisotopic (exact) mass is 150 g/mol. The summed E-state index contributed by atoms with van der Waals surface area (Å²) < 4.78 is 1.14. The molecule has 2 rings (SSSR count). The van der Waals surface area contributed by atoms with Gasteiger partial charge in [-0.2, -0.15) is 5.10 Å². The maximum absolute atomic E-state index is 7.44. The number of aromatic amines is 1. The van der Waals surface area contributed by atoms with Crippen LogP contribution in [0.15, 0.2) is 12.5 Å². The third-order valence-corrected chi connectivity index (χ3v) is 1.44. The largest absolute Gasteiger partial charge is 0.336 e. The molecular weight excluding hydrogens is 144 g/mol. The van der Waals surface area contributed by atoms with Gasteiger partial charge in [-0.3, -0.25) is 10.5 Å². The Balaban J connectivity index is 3.05. The highest BCUT2D eigenvalue weighted by Gasteiger charge is 1.98. The molecule has 0 aliphatic carbocycles. The van der Waals surface area contributed by atoms with Crippen molar-refractivity contribution in [1.29, 1.82) is 5.41 Å². The number of hydrogen-bond acceptors (Lipinski definition) is 4. The van der Waals surface area contributed by atoms with Gasteiger partial charge in [0, 0.05) is 0 Å². The molecule has 0 radical (unpaired) electrons. The minimum Gasteiger partial charge on any atom is -0.336 e. The molecule has 2 aromatic rings. The van der Waals surface area contributed by atoms with Crippen LogP contribution in [0.25, 0.3) is 11.0 Å². The van der Waals surface area contributed by atoms with Gasteiger partial charge in [0.2, 0.25) is 0 Å². The van der Waals surface area contributed by atoms with Crippen LogP contribution >= 0.6 is 0 Å². The number of nitrogen functional groups attached to an aromatic ring is 1. The van der Waals surface area contributed by atoms with E-state index in [1.807, 2.05) is 0 Å². The maximum Gasteiger partial charge on any atom is 0.160 e. The van der Waals surface area contributed by atoms with Crippen LogP contribution in [0.3, 0.4) is 0 Å². The number of H-pyrrole nitrogens is 1. The topological polar surface area (TPSA) is 96.4 Å². The Morgan fingerprint density at radius 1 is 1.64 bits per heavy atom. The van der Waals surface area contributed by atoms with E-state index in [-0.39, 0.29) is 5.49 Å². The first-order valence-electron chi connectivity index (χ1n) is 2.99. The lowest BCUT2D eigenvalue weighted by molar-refractivity contribution is 0.865. The van der Waals surface area contributed by atoms with Gasteiger partial charge in [0.1, 0.15) is 6.33 Å². The van der Waals surface area contributed by atoms with Gasteiger partial charge in [-0.1, -0.05) is 0 Å². The first-order valence-corrected chi connectivity index (χ1v) is 2.99. The predicted octanol–water partition coefficient (Wildman–Crippen LogP) is -1.05. The predicted molar refractivity (Wildman–Crippen MR) is 37.9 cm³/mol. The lowest BCUT2D eigenvalue weighted by atomic mass is 10.4. The summed E-state index contributed by atoms with van der Waals surface area (Å²) in [7, 11) is 0. The van der Waals surface area contributed by atoms with Crippen LogP contribution in [0.1, 0.15) is 0 Å². The highest BCUT2D eigenvalue weighted by Crippen LogP contribution is 1.96. The fourth-order valence-corrected chi connectivity index (χ4v) is 0.868. The molecule has 4 N–H and O–H groups in total. The summed E-state index contributed by atoms with van der Waals surface area (Å²) in [6.45, 7) is 0. The van der Waals surface area contributed by atoms with Crippen LogP contribution in [-0.4, -0.2) is 19.9 Å². The van der Waals surface area contributed by atoms with E-state index in [0.29, 0.717) is 11.0 Å². The van der Waals surface area contributed by atoms with Crippen LogP contribution in [0.4, 0.5) is 0 Å². The Kier molecular flexibility index (Phi) is 0.974. The number of aromatic nitrogens is 4. The summed E-state index contributed by atoms with van der Waals surface area (Å²) in [4.78, 5) is 3.90. The van der Waals surface area contributed by atoms with E-state index >= 15 is 0 Å². The molecule has 0 aliphatic rings. The van der Waals surface area contributed by atoms with E-state index in [1.165, 1.54) is 12.5 Å². The second kappa shape index (κ2) is 1.82. The van der Waals surface area contributed by atoms with Gasteiger partial charge in [-0.05, 0) is 0 Å². The van der Waals surface area contributed by atoms with E-state index < -0.39 is 0 Å². The Labute approximate surface area is 61.2 Å². The van der Waals surface area contributed by atoms with E-state index in [9.17, 15) is 0 Å². The van der Waals surface area contributed by atoms with E-state index in [0.717, 1.165) is 4.68 Å². The summed E-state index contributed by atoms with van der Waals surface area (Å²) in [5, 5.41) is 14.4. The first kappa shape index (κ1) is 5.90. The van der Waals surface area contributed by atoms with E-state index in [1.54, 1.807) is 0 Å². The molecule has 0 bridgehead atoms. The van der Waals surface area contributed by atoms with Crippen molar-refractivity contribution in [2.24, 2.45) is 0 Å². The van der Waals surface area contributed by atoms with Gasteiger partial charge >= 0.3 is 0 Å². The van der Waals surface area contributed by atoms with Crippen molar-refractivity contribution in [2.45, 2.75) is 0 Å². The van der Waals surface area contributed by atoms with Gasteiger partial charge in [0.05, 0.1) is 11.6 Å². The molecule has 0 amide bonds. The number of fused-ring (bicyclic) bond motifs is 1. The first-order chi connectivity index (χ1) is 5.29. The van der Waals surface area contributed by atoms with Crippen molar-refractivity contribution in [3.63, 3.8) is 0 Å².